The number of aromatic nitrogens is 3. The van der Waals surface area contributed by atoms with Crippen molar-refractivity contribution in [1.82, 2.24) is 19.2 Å². The molecule has 6 nitrogen and oxygen atoms in total. The first-order valence-corrected chi connectivity index (χ1v) is 12.6. The predicted octanol–water partition coefficient (Wildman–Crippen LogP) is 7.07. The maximum absolute atomic E-state index is 14.0. The summed E-state index contributed by atoms with van der Waals surface area (Å²) in [7, 11) is 0. The van der Waals surface area contributed by atoms with Gasteiger partial charge < -0.3 is 14.8 Å². The number of aryl methyl sites for hydroxylation is 2. The van der Waals surface area contributed by atoms with Crippen LogP contribution in [0.15, 0.2) is 97.2 Å². The van der Waals surface area contributed by atoms with Crippen molar-refractivity contribution in [3.05, 3.63) is 130 Å². The Bertz CT molecular complexity index is 1590. The van der Waals surface area contributed by atoms with Crippen LogP contribution in [0.4, 0.5) is 10.5 Å². The zero-order valence-corrected chi connectivity index (χ0v) is 21.4. The Labute approximate surface area is 220 Å². The van der Waals surface area contributed by atoms with Gasteiger partial charge in [0.05, 0.1) is 29.7 Å². The van der Waals surface area contributed by atoms with Gasteiger partial charge in [0.1, 0.15) is 5.82 Å². The fraction of sp³-hybridized carbons (Fsp3) is 0.133. The summed E-state index contributed by atoms with van der Waals surface area (Å²) in [6.07, 6.45) is 2.05. The van der Waals surface area contributed by atoms with Gasteiger partial charge in [0.2, 0.25) is 0 Å². The second-order valence-corrected chi connectivity index (χ2v) is 9.70. The summed E-state index contributed by atoms with van der Waals surface area (Å²) < 4.78 is 4.14. The average Bonchev–Trinajstić information content (AvgIpc) is 3.47. The Morgan fingerprint density at radius 2 is 1.68 bits per heavy atom. The third-order valence-electron chi connectivity index (χ3n) is 6.90. The number of nitrogens with one attached hydrogen (secondary N) is 1. The largest absolute Gasteiger partial charge is 0.322 e. The van der Waals surface area contributed by atoms with Crippen molar-refractivity contribution in [3.8, 4) is 11.5 Å². The van der Waals surface area contributed by atoms with E-state index in [9.17, 15) is 4.79 Å². The number of halogens is 1. The number of amides is 2. The Hall–Kier alpha value is -4.29. The van der Waals surface area contributed by atoms with E-state index in [0.29, 0.717) is 17.3 Å². The van der Waals surface area contributed by atoms with E-state index in [0.717, 1.165) is 39.6 Å². The van der Waals surface area contributed by atoms with Crippen LogP contribution in [0.3, 0.4) is 0 Å². The fourth-order valence-corrected chi connectivity index (χ4v) is 5.22. The number of carbonyl (C=O) groups is 1. The maximum atomic E-state index is 14.0. The molecule has 7 heteroatoms. The summed E-state index contributed by atoms with van der Waals surface area (Å²) in [6.45, 7) is 4.35. The molecule has 1 aliphatic heterocycles. The van der Waals surface area contributed by atoms with Gasteiger partial charge in [0, 0.05) is 22.5 Å². The highest BCUT2D eigenvalue weighted by Gasteiger charge is 2.36. The van der Waals surface area contributed by atoms with E-state index in [1.807, 2.05) is 96.4 Å². The second kappa shape index (κ2) is 9.30. The monoisotopic (exact) mass is 507 g/mol. The first-order chi connectivity index (χ1) is 18.0. The summed E-state index contributed by atoms with van der Waals surface area (Å²) >= 11 is 6.26. The quantitative estimate of drug-likeness (QED) is 0.284. The zero-order chi connectivity index (χ0) is 25.5. The van der Waals surface area contributed by atoms with Crippen LogP contribution in [0.5, 0.6) is 0 Å². The van der Waals surface area contributed by atoms with Gasteiger partial charge in [-0.3, -0.25) is 0 Å². The van der Waals surface area contributed by atoms with Gasteiger partial charge in [0.25, 0.3) is 0 Å². The molecule has 3 heterocycles. The molecule has 0 fully saturated rings. The standard InChI is InChI=1S/C30H26ClN5O/c1-20-15-16-23(31)18-26(20)32-30(37)35-19-25-21(2)33-36(24-12-7-4-8-13-24)29(25)34-17-9-14-27(34)28(35)22-10-5-3-6-11-22/h3-18,28H,19H2,1-2H3,(H,32,37). The number of anilines is 1. The lowest BCUT2D eigenvalue weighted by Gasteiger charge is -2.31. The molecule has 5 aromatic rings. The van der Waals surface area contributed by atoms with Crippen LogP contribution in [-0.2, 0) is 6.54 Å². The smallest absolute Gasteiger partial charge is 0.307 e. The van der Waals surface area contributed by atoms with E-state index >= 15 is 0 Å². The molecular weight excluding hydrogens is 482 g/mol. The van der Waals surface area contributed by atoms with Gasteiger partial charge in [0.15, 0.2) is 0 Å². The van der Waals surface area contributed by atoms with Gasteiger partial charge in [-0.05, 0) is 61.4 Å². The lowest BCUT2D eigenvalue weighted by Crippen LogP contribution is -2.38. The molecule has 1 N–H and O–H groups in total. The molecule has 0 aliphatic carbocycles. The lowest BCUT2D eigenvalue weighted by atomic mass is 10.0. The van der Waals surface area contributed by atoms with Crippen molar-refractivity contribution in [2.75, 3.05) is 5.32 Å². The lowest BCUT2D eigenvalue weighted by molar-refractivity contribution is 0.194. The van der Waals surface area contributed by atoms with E-state index in [1.165, 1.54) is 0 Å². The van der Waals surface area contributed by atoms with Crippen molar-refractivity contribution in [3.63, 3.8) is 0 Å². The first kappa shape index (κ1) is 23.1. The maximum Gasteiger partial charge on any atom is 0.322 e. The van der Waals surface area contributed by atoms with Crippen molar-refractivity contribution in [2.24, 2.45) is 0 Å². The van der Waals surface area contributed by atoms with E-state index in [1.54, 1.807) is 6.07 Å². The minimum absolute atomic E-state index is 0.202. The number of hydrogen-bond acceptors (Lipinski definition) is 2. The van der Waals surface area contributed by atoms with Crippen LogP contribution in [0, 0.1) is 13.8 Å². The minimum Gasteiger partial charge on any atom is -0.307 e. The SMILES string of the molecule is Cc1ccc(Cl)cc1NC(=O)N1Cc2c(C)nn(-c3ccccc3)c2-n2cccc2C1c1ccccc1. The van der Waals surface area contributed by atoms with Gasteiger partial charge >= 0.3 is 6.03 Å². The summed E-state index contributed by atoms with van der Waals surface area (Å²) in [5.41, 5.74) is 6.50. The molecule has 1 atom stereocenters. The van der Waals surface area contributed by atoms with E-state index in [4.69, 9.17) is 16.7 Å². The molecule has 0 saturated carbocycles. The van der Waals surface area contributed by atoms with Gasteiger partial charge in [-0.1, -0.05) is 66.2 Å². The Morgan fingerprint density at radius 3 is 2.43 bits per heavy atom. The highest BCUT2D eigenvalue weighted by molar-refractivity contribution is 6.31. The summed E-state index contributed by atoms with van der Waals surface area (Å²) in [5, 5.41) is 8.61. The van der Waals surface area contributed by atoms with Crippen LogP contribution in [0.1, 0.15) is 34.1 Å². The van der Waals surface area contributed by atoms with Crippen molar-refractivity contribution >= 4 is 23.3 Å². The number of fused-ring (bicyclic) bond motifs is 3. The van der Waals surface area contributed by atoms with E-state index < -0.39 is 0 Å². The summed E-state index contributed by atoms with van der Waals surface area (Å²) in [6, 6.07) is 29.3. The molecule has 0 spiro atoms. The van der Waals surface area contributed by atoms with Crippen molar-refractivity contribution in [2.45, 2.75) is 26.4 Å². The van der Waals surface area contributed by atoms with Crippen LogP contribution >= 0.6 is 11.6 Å². The number of carbonyl (C=O) groups excluding carboxylic acids is 1. The van der Waals surface area contributed by atoms with Crippen LogP contribution in [0.25, 0.3) is 11.5 Å². The molecule has 0 saturated heterocycles. The molecule has 1 unspecified atom stereocenters. The predicted molar refractivity (Wildman–Crippen MR) is 147 cm³/mol. The third-order valence-corrected chi connectivity index (χ3v) is 7.14. The molecule has 2 aromatic heterocycles. The second-order valence-electron chi connectivity index (χ2n) is 9.27. The third kappa shape index (κ3) is 4.09. The Morgan fingerprint density at radius 1 is 0.946 bits per heavy atom. The number of nitrogens with zero attached hydrogens (tertiary/aromatic N) is 4. The number of hydrogen-bond donors (Lipinski definition) is 1. The molecule has 0 bridgehead atoms. The van der Waals surface area contributed by atoms with Gasteiger partial charge in [-0.25, -0.2) is 9.48 Å². The number of para-hydroxylation sites is 1. The fourth-order valence-electron chi connectivity index (χ4n) is 5.05. The van der Waals surface area contributed by atoms with Crippen LogP contribution in [-0.4, -0.2) is 25.3 Å². The molecule has 37 heavy (non-hydrogen) atoms. The van der Waals surface area contributed by atoms with E-state index in [2.05, 4.69) is 28.1 Å². The Kier molecular flexibility index (Phi) is 5.81. The molecule has 6 rings (SSSR count). The van der Waals surface area contributed by atoms with Crippen molar-refractivity contribution < 1.29 is 4.79 Å². The highest BCUT2D eigenvalue weighted by atomic mass is 35.5. The normalized spacial score (nSPS) is 14.6. The summed E-state index contributed by atoms with van der Waals surface area (Å²) in [5.74, 6) is 0.943. The molecule has 0 radical (unpaired) electrons. The topological polar surface area (TPSA) is 55.1 Å². The Balaban J connectivity index is 1.53. The van der Waals surface area contributed by atoms with Gasteiger partial charge in [-0.15, -0.1) is 0 Å². The number of rotatable bonds is 3. The molecule has 2 amide bonds. The molecule has 184 valence electrons. The molecule has 1 aliphatic rings. The minimum atomic E-state index is -0.313. The van der Waals surface area contributed by atoms with Crippen LogP contribution < -0.4 is 5.32 Å². The van der Waals surface area contributed by atoms with E-state index in [-0.39, 0.29) is 12.1 Å². The van der Waals surface area contributed by atoms with Crippen molar-refractivity contribution in [1.29, 1.82) is 0 Å². The number of urea groups is 1. The van der Waals surface area contributed by atoms with Gasteiger partial charge in [-0.2, -0.15) is 5.10 Å². The van der Waals surface area contributed by atoms with Crippen LogP contribution in [0.2, 0.25) is 5.02 Å². The number of benzene rings is 3. The zero-order valence-electron chi connectivity index (χ0n) is 20.6. The molecular formula is C30H26ClN5O. The highest BCUT2D eigenvalue weighted by Crippen LogP contribution is 2.38. The average molecular weight is 508 g/mol. The first-order valence-electron chi connectivity index (χ1n) is 12.2. The molecule has 3 aromatic carbocycles. The summed E-state index contributed by atoms with van der Waals surface area (Å²) in [4.78, 5) is 15.9.